The van der Waals surface area contributed by atoms with Crippen LogP contribution in [0.15, 0.2) is 64.2 Å². The number of carbonyl (C=O) groups is 1. The molecule has 2 N–H and O–H groups in total. The van der Waals surface area contributed by atoms with Gasteiger partial charge in [0.15, 0.2) is 0 Å². The number of hydrogen-bond acceptors (Lipinski definition) is 5. The minimum atomic E-state index is -0.709. The van der Waals surface area contributed by atoms with E-state index in [4.69, 9.17) is 16.0 Å². The fourth-order valence-electron chi connectivity index (χ4n) is 4.13. The van der Waals surface area contributed by atoms with Crippen LogP contribution < -0.4 is 11.1 Å². The summed E-state index contributed by atoms with van der Waals surface area (Å²) in [7, 11) is 0. The Balaban J connectivity index is 1.21. The van der Waals surface area contributed by atoms with Crippen molar-refractivity contribution in [1.29, 1.82) is 0 Å². The molecule has 0 unspecified atom stereocenters. The Morgan fingerprint density at radius 3 is 2.78 bits per heavy atom. The number of imidazole rings is 1. The smallest absolute Gasteiger partial charge is 0.386 e. The Hall–Kier alpha value is -4.11. The van der Waals surface area contributed by atoms with E-state index in [0.29, 0.717) is 30.2 Å². The van der Waals surface area contributed by atoms with Crippen molar-refractivity contribution < 1.29 is 9.21 Å². The van der Waals surface area contributed by atoms with Crippen molar-refractivity contribution in [3.8, 4) is 11.6 Å². The van der Waals surface area contributed by atoms with Crippen LogP contribution in [0.4, 0.5) is 0 Å². The zero-order valence-electron chi connectivity index (χ0n) is 19.9. The average molecular weight is 505 g/mol. The number of halogens is 1. The molecule has 1 amide bonds. The van der Waals surface area contributed by atoms with Crippen LogP contribution in [0.25, 0.3) is 22.5 Å². The van der Waals surface area contributed by atoms with Gasteiger partial charge in [0, 0.05) is 40.9 Å². The molecule has 3 aromatic heterocycles. The maximum Gasteiger partial charge on any atom is 0.437 e. The lowest BCUT2D eigenvalue weighted by molar-refractivity contribution is -0.121. The number of aryl methyl sites for hydroxylation is 1. The normalized spacial score (nSPS) is 11.3. The highest BCUT2D eigenvalue weighted by Crippen LogP contribution is 2.21. The van der Waals surface area contributed by atoms with Crippen LogP contribution in [0.5, 0.6) is 0 Å². The van der Waals surface area contributed by atoms with Crippen LogP contribution in [0.3, 0.4) is 0 Å². The van der Waals surface area contributed by atoms with Crippen LogP contribution >= 0.6 is 11.6 Å². The van der Waals surface area contributed by atoms with Crippen molar-refractivity contribution in [2.24, 2.45) is 0 Å². The number of benzene rings is 2. The van der Waals surface area contributed by atoms with Gasteiger partial charge in [-0.3, -0.25) is 4.79 Å². The molecule has 0 saturated heterocycles. The van der Waals surface area contributed by atoms with Gasteiger partial charge < -0.3 is 19.3 Å². The molecule has 5 rings (SSSR count). The molecule has 0 aliphatic carbocycles. The van der Waals surface area contributed by atoms with E-state index in [1.807, 2.05) is 54.9 Å². The zero-order chi connectivity index (χ0) is 25.2. The van der Waals surface area contributed by atoms with E-state index in [2.05, 4.69) is 32.5 Å². The van der Waals surface area contributed by atoms with E-state index in [0.717, 1.165) is 32.4 Å². The average Bonchev–Trinajstić information content (AvgIpc) is 3.53. The molecule has 0 bridgehead atoms. The maximum atomic E-state index is 12.5. The second-order valence-corrected chi connectivity index (χ2v) is 9.16. The fraction of sp³-hybridized carbons (Fsp3) is 0.231. The quantitative estimate of drug-likeness (QED) is 0.333. The number of aromatic nitrogens is 5. The Kier molecular flexibility index (Phi) is 6.47. The Labute approximate surface area is 211 Å². The van der Waals surface area contributed by atoms with Gasteiger partial charge in [0.2, 0.25) is 5.91 Å². The zero-order valence-corrected chi connectivity index (χ0v) is 20.7. The SMILES string of the molecule is Cc1ccc2[nH]cc(CCNC(=O)Cn3nc(-c4ncn(Cc5ccc(Cl)cc5)c4C)oc3=O)c2c1. The van der Waals surface area contributed by atoms with E-state index in [9.17, 15) is 9.59 Å². The summed E-state index contributed by atoms with van der Waals surface area (Å²) < 4.78 is 8.24. The first-order valence-corrected chi connectivity index (χ1v) is 11.9. The number of amides is 1. The largest absolute Gasteiger partial charge is 0.437 e. The highest BCUT2D eigenvalue weighted by molar-refractivity contribution is 6.30. The summed E-state index contributed by atoms with van der Waals surface area (Å²) in [6.07, 6.45) is 4.29. The second kappa shape index (κ2) is 9.87. The summed E-state index contributed by atoms with van der Waals surface area (Å²) in [6.45, 7) is 4.70. The topological polar surface area (TPSA) is 111 Å². The number of rotatable bonds is 8. The van der Waals surface area contributed by atoms with E-state index >= 15 is 0 Å². The lowest BCUT2D eigenvalue weighted by Crippen LogP contribution is -2.32. The molecule has 10 heteroatoms. The van der Waals surface area contributed by atoms with Gasteiger partial charge in [-0.15, -0.1) is 5.10 Å². The van der Waals surface area contributed by atoms with Crippen molar-refractivity contribution in [2.75, 3.05) is 6.54 Å². The van der Waals surface area contributed by atoms with Gasteiger partial charge in [-0.05, 0) is 55.7 Å². The molecule has 184 valence electrons. The molecular formula is C26H25ClN6O3. The molecule has 0 fully saturated rings. The number of H-pyrrole nitrogens is 1. The molecule has 0 radical (unpaired) electrons. The number of hydrogen-bond donors (Lipinski definition) is 2. The third-order valence-electron chi connectivity index (χ3n) is 6.11. The first kappa shape index (κ1) is 23.6. The van der Waals surface area contributed by atoms with Crippen molar-refractivity contribution in [1.82, 2.24) is 29.6 Å². The Bertz CT molecular complexity index is 1590. The van der Waals surface area contributed by atoms with Gasteiger partial charge >= 0.3 is 5.76 Å². The summed E-state index contributed by atoms with van der Waals surface area (Å²) in [6, 6.07) is 13.8. The summed E-state index contributed by atoms with van der Waals surface area (Å²) in [5.41, 5.74) is 5.66. The number of nitrogens with one attached hydrogen (secondary N) is 2. The highest BCUT2D eigenvalue weighted by Gasteiger charge is 2.18. The summed E-state index contributed by atoms with van der Waals surface area (Å²) in [5.74, 6) is -0.953. The molecule has 0 aliphatic rings. The van der Waals surface area contributed by atoms with Crippen molar-refractivity contribution in [2.45, 2.75) is 33.4 Å². The Morgan fingerprint density at radius 2 is 1.97 bits per heavy atom. The van der Waals surface area contributed by atoms with Gasteiger partial charge in [-0.25, -0.2) is 9.78 Å². The molecule has 0 aliphatic heterocycles. The van der Waals surface area contributed by atoms with Crippen molar-refractivity contribution in [3.05, 3.63) is 92.9 Å². The van der Waals surface area contributed by atoms with Crippen LogP contribution in [0, 0.1) is 13.8 Å². The minimum Gasteiger partial charge on any atom is -0.386 e. The molecule has 9 nitrogen and oxygen atoms in total. The van der Waals surface area contributed by atoms with Gasteiger partial charge in [-0.1, -0.05) is 35.4 Å². The summed E-state index contributed by atoms with van der Waals surface area (Å²) in [5, 5.41) is 8.87. The standard InChI is InChI=1S/C26H25ClN6O3/c1-16-3-8-22-21(11-16)19(12-29-22)9-10-28-23(34)14-33-26(35)36-25(31-33)24-17(2)32(15-30-24)13-18-4-6-20(27)7-5-18/h3-8,11-12,15,29H,9-10,13-14H2,1-2H3,(H,28,34). The predicted octanol–water partition coefficient (Wildman–Crippen LogP) is 3.86. The number of aromatic amines is 1. The van der Waals surface area contributed by atoms with Gasteiger partial charge in [0.25, 0.3) is 5.89 Å². The number of nitrogens with zero attached hydrogens (tertiary/aromatic N) is 4. The molecule has 36 heavy (non-hydrogen) atoms. The predicted molar refractivity (Wildman–Crippen MR) is 137 cm³/mol. The van der Waals surface area contributed by atoms with Crippen molar-refractivity contribution in [3.63, 3.8) is 0 Å². The lowest BCUT2D eigenvalue weighted by Gasteiger charge is -2.05. The molecule has 3 heterocycles. The van der Waals surface area contributed by atoms with Crippen molar-refractivity contribution >= 4 is 28.4 Å². The van der Waals surface area contributed by atoms with Gasteiger partial charge in [0.05, 0.1) is 6.33 Å². The molecule has 5 aromatic rings. The third-order valence-corrected chi connectivity index (χ3v) is 6.36. The first-order chi connectivity index (χ1) is 17.4. The molecule has 0 spiro atoms. The Morgan fingerprint density at radius 1 is 1.17 bits per heavy atom. The van der Waals surface area contributed by atoms with E-state index in [1.165, 1.54) is 5.56 Å². The van der Waals surface area contributed by atoms with Crippen LogP contribution in [-0.4, -0.2) is 36.8 Å². The number of fused-ring (bicyclic) bond motifs is 1. The first-order valence-electron chi connectivity index (χ1n) is 11.5. The van der Waals surface area contributed by atoms with E-state index < -0.39 is 5.76 Å². The summed E-state index contributed by atoms with van der Waals surface area (Å²) >= 11 is 5.96. The van der Waals surface area contributed by atoms with Gasteiger partial charge in [0.1, 0.15) is 12.2 Å². The van der Waals surface area contributed by atoms with E-state index in [-0.39, 0.29) is 18.3 Å². The van der Waals surface area contributed by atoms with Crippen LogP contribution in [-0.2, 0) is 24.3 Å². The lowest BCUT2D eigenvalue weighted by atomic mass is 10.1. The minimum absolute atomic E-state index is 0.0781. The van der Waals surface area contributed by atoms with Crippen LogP contribution in [0.1, 0.15) is 22.4 Å². The van der Waals surface area contributed by atoms with E-state index in [1.54, 1.807) is 6.33 Å². The molecule has 0 saturated carbocycles. The maximum absolute atomic E-state index is 12.5. The third kappa shape index (κ3) is 4.96. The fourth-order valence-corrected chi connectivity index (χ4v) is 4.25. The molecule has 2 aromatic carbocycles. The van der Waals surface area contributed by atoms with Gasteiger partial charge in [-0.2, -0.15) is 4.68 Å². The monoisotopic (exact) mass is 504 g/mol. The summed E-state index contributed by atoms with van der Waals surface area (Å²) in [4.78, 5) is 32.4. The molecule has 0 atom stereocenters. The second-order valence-electron chi connectivity index (χ2n) is 8.73. The number of carbonyl (C=O) groups excluding carboxylic acids is 1. The molecular weight excluding hydrogens is 480 g/mol. The van der Waals surface area contributed by atoms with Crippen LogP contribution in [0.2, 0.25) is 5.02 Å². The highest BCUT2D eigenvalue weighted by atomic mass is 35.5.